The van der Waals surface area contributed by atoms with E-state index >= 15 is 0 Å². The maximum Gasteiger partial charge on any atom is 0.407 e. The number of benzene rings is 1. The van der Waals surface area contributed by atoms with Gasteiger partial charge in [-0.25, -0.2) is 9.59 Å². The zero-order valence-electron chi connectivity index (χ0n) is 15.0. The lowest BCUT2D eigenvalue weighted by Gasteiger charge is -2.17. The Labute approximate surface area is 151 Å². The summed E-state index contributed by atoms with van der Waals surface area (Å²) in [5.74, 6) is -2.39. The largest absolute Gasteiger partial charge is 0.463 e. The van der Waals surface area contributed by atoms with E-state index < -0.39 is 36.0 Å². The monoisotopic (exact) mass is 365 g/mol. The van der Waals surface area contributed by atoms with E-state index in [9.17, 15) is 19.2 Å². The quantitative estimate of drug-likeness (QED) is 0.403. The van der Waals surface area contributed by atoms with Crippen molar-refractivity contribution in [1.82, 2.24) is 5.32 Å². The smallest absolute Gasteiger partial charge is 0.407 e. The molecule has 26 heavy (non-hydrogen) atoms. The molecule has 1 rings (SSSR count). The molecule has 8 nitrogen and oxygen atoms in total. The zero-order valence-corrected chi connectivity index (χ0v) is 15.0. The van der Waals surface area contributed by atoms with Gasteiger partial charge in [-0.3, -0.25) is 9.59 Å². The average molecular weight is 365 g/mol. The molecule has 0 saturated carbocycles. The predicted octanol–water partition coefficient (Wildman–Crippen LogP) is 1.76. The second-order valence-electron chi connectivity index (χ2n) is 5.52. The van der Waals surface area contributed by atoms with Crippen molar-refractivity contribution in [3.05, 3.63) is 35.9 Å². The maximum absolute atomic E-state index is 12.2. The van der Waals surface area contributed by atoms with Gasteiger partial charge in [0.25, 0.3) is 6.10 Å². The summed E-state index contributed by atoms with van der Waals surface area (Å²) in [5, 5.41) is 2.49. The Morgan fingerprint density at radius 2 is 1.73 bits per heavy atom. The van der Waals surface area contributed by atoms with Crippen molar-refractivity contribution >= 4 is 23.8 Å². The van der Waals surface area contributed by atoms with Crippen LogP contribution in [0.15, 0.2) is 30.3 Å². The number of hydrogen-bond donors (Lipinski definition) is 1. The number of rotatable bonds is 9. The van der Waals surface area contributed by atoms with Crippen LogP contribution in [0.25, 0.3) is 0 Å². The molecule has 0 fully saturated rings. The molecule has 1 aromatic carbocycles. The van der Waals surface area contributed by atoms with Gasteiger partial charge < -0.3 is 19.5 Å². The molecule has 0 aromatic heterocycles. The van der Waals surface area contributed by atoms with Crippen LogP contribution in [0.3, 0.4) is 0 Å². The molecule has 142 valence electrons. The molecule has 0 spiro atoms. The minimum Gasteiger partial charge on any atom is -0.463 e. The first-order chi connectivity index (χ1) is 12.3. The van der Waals surface area contributed by atoms with Crippen LogP contribution in [0.1, 0.15) is 32.8 Å². The van der Waals surface area contributed by atoms with Crippen molar-refractivity contribution in [2.24, 2.45) is 0 Å². The van der Waals surface area contributed by atoms with E-state index in [-0.39, 0.29) is 19.6 Å². The van der Waals surface area contributed by atoms with Crippen molar-refractivity contribution in [2.45, 2.75) is 45.9 Å². The third kappa shape index (κ3) is 7.78. The Morgan fingerprint density at radius 1 is 1.08 bits per heavy atom. The topological polar surface area (TPSA) is 108 Å². The van der Waals surface area contributed by atoms with Crippen LogP contribution in [0.2, 0.25) is 0 Å². The fourth-order valence-corrected chi connectivity index (χ4v) is 2.06. The summed E-state index contributed by atoms with van der Waals surface area (Å²) in [6, 6.07) is 8.48. The lowest BCUT2D eigenvalue weighted by atomic mass is 10.1. The lowest BCUT2D eigenvalue weighted by molar-refractivity contribution is -0.170. The highest BCUT2D eigenvalue weighted by molar-refractivity contribution is 6.03. The van der Waals surface area contributed by atoms with Crippen LogP contribution in [0.4, 0.5) is 4.79 Å². The van der Waals surface area contributed by atoms with Gasteiger partial charge in [-0.1, -0.05) is 30.3 Å². The van der Waals surface area contributed by atoms with E-state index in [1.54, 1.807) is 13.8 Å². The van der Waals surface area contributed by atoms with Gasteiger partial charge in [0.2, 0.25) is 0 Å². The van der Waals surface area contributed by atoms with Gasteiger partial charge in [0, 0.05) is 19.4 Å². The number of carbonyl (C=O) groups excluding carboxylic acids is 4. The van der Waals surface area contributed by atoms with E-state index in [1.165, 1.54) is 0 Å². The highest BCUT2D eigenvalue weighted by Gasteiger charge is 2.32. The maximum atomic E-state index is 12.2. The Bertz CT molecular complexity index is 630. The number of ether oxygens (including phenoxy) is 3. The molecule has 0 heterocycles. The van der Waals surface area contributed by atoms with Gasteiger partial charge in [0.1, 0.15) is 6.61 Å². The van der Waals surface area contributed by atoms with Crippen LogP contribution in [0, 0.1) is 0 Å². The summed E-state index contributed by atoms with van der Waals surface area (Å²) in [6.07, 6.45) is -2.57. The normalized spacial score (nSPS) is 12.4. The van der Waals surface area contributed by atoms with Crippen molar-refractivity contribution < 1.29 is 33.4 Å². The Hall–Kier alpha value is -2.90. The summed E-state index contributed by atoms with van der Waals surface area (Å²) in [5.41, 5.74) is 0.823. The van der Waals surface area contributed by atoms with E-state index in [0.717, 1.165) is 12.5 Å². The number of nitrogens with one attached hydrogen (secondary N) is 1. The minimum absolute atomic E-state index is 0.0451. The molecule has 8 heteroatoms. The van der Waals surface area contributed by atoms with Crippen LogP contribution in [-0.4, -0.2) is 42.6 Å². The Morgan fingerprint density at radius 3 is 2.31 bits per heavy atom. The number of amides is 1. The minimum atomic E-state index is -1.64. The van der Waals surface area contributed by atoms with Gasteiger partial charge in [-0.15, -0.1) is 0 Å². The standard InChI is InChI=1S/C18H23NO7/c1-4-24-17(22)16(26-13(3)20)15(21)10-12(2)19-18(23)25-11-14-8-6-5-7-9-14/h5-9,12,16H,4,10-11H2,1-3H3,(H,19,23). The van der Waals surface area contributed by atoms with E-state index in [1.807, 2.05) is 30.3 Å². The summed E-state index contributed by atoms with van der Waals surface area (Å²) in [6.45, 7) is 4.36. The molecule has 1 aromatic rings. The first-order valence-corrected chi connectivity index (χ1v) is 8.17. The average Bonchev–Trinajstić information content (AvgIpc) is 2.58. The van der Waals surface area contributed by atoms with Crippen molar-refractivity contribution in [2.75, 3.05) is 6.61 Å². The van der Waals surface area contributed by atoms with Gasteiger partial charge >= 0.3 is 18.0 Å². The first-order valence-electron chi connectivity index (χ1n) is 8.17. The Kier molecular flexibility index (Phi) is 8.83. The number of esters is 2. The number of alkyl carbamates (subject to hydrolysis) is 1. The molecule has 0 aliphatic carbocycles. The van der Waals surface area contributed by atoms with Crippen molar-refractivity contribution in [3.63, 3.8) is 0 Å². The molecule has 0 bridgehead atoms. The van der Waals surface area contributed by atoms with Crippen LogP contribution in [0.5, 0.6) is 0 Å². The number of carbonyl (C=O) groups is 4. The van der Waals surface area contributed by atoms with Crippen molar-refractivity contribution in [3.8, 4) is 0 Å². The molecule has 2 atom stereocenters. The summed E-state index contributed by atoms with van der Waals surface area (Å²) in [4.78, 5) is 46.8. The molecule has 1 N–H and O–H groups in total. The van der Waals surface area contributed by atoms with Crippen LogP contribution in [-0.2, 0) is 35.2 Å². The number of Topliss-reactive ketones (excluding diaryl/α,β-unsaturated/α-hetero) is 1. The molecular formula is C18H23NO7. The van der Waals surface area contributed by atoms with Gasteiger partial charge in [0.15, 0.2) is 5.78 Å². The second kappa shape index (κ2) is 10.9. The summed E-state index contributed by atoms with van der Waals surface area (Å²) >= 11 is 0. The molecule has 2 unspecified atom stereocenters. The second-order valence-corrected chi connectivity index (χ2v) is 5.52. The Balaban J connectivity index is 2.51. The number of hydrogen-bond acceptors (Lipinski definition) is 7. The molecule has 0 aliphatic rings. The molecule has 1 amide bonds. The lowest BCUT2D eigenvalue weighted by Crippen LogP contribution is -2.41. The third-order valence-electron chi connectivity index (χ3n) is 3.16. The summed E-state index contributed by atoms with van der Waals surface area (Å²) < 4.78 is 14.5. The zero-order chi connectivity index (χ0) is 19.5. The highest BCUT2D eigenvalue weighted by atomic mass is 16.6. The molecule has 0 saturated heterocycles. The first kappa shape index (κ1) is 21.1. The molecule has 0 aliphatic heterocycles. The fourth-order valence-electron chi connectivity index (χ4n) is 2.06. The van der Waals surface area contributed by atoms with Gasteiger partial charge in [-0.2, -0.15) is 0 Å². The van der Waals surface area contributed by atoms with Crippen LogP contribution < -0.4 is 5.32 Å². The van der Waals surface area contributed by atoms with Crippen molar-refractivity contribution in [1.29, 1.82) is 0 Å². The van der Waals surface area contributed by atoms with Gasteiger partial charge in [-0.05, 0) is 19.4 Å². The van der Waals surface area contributed by atoms with Crippen LogP contribution >= 0.6 is 0 Å². The summed E-state index contributed by atoms with van der Waals surface area (Å²) in [7, 11) is 0. The SMILES string of the molecule is CCOC(=O)C(OC(C)=O)C(=O)CC(C)NC(=O)OCc1ccccc1. The number of ketones is 1. The molecule has 0 radical (unpaired) electrons. The molecular weight excluding hydrogens is 342 g/mol. The fraction of sp³-hybridized carbons (Fsp3) is 0.444. The van der Waals surface area contributed by atoms with E-state index in [0.29, 0.717) is 0 Å². The highest BCUT2D eigenvalue weighted by Crippen LogP contribution is 2.06. The predicted molar refractivity (Wildman–Crippen MR) is 91.0 cm³/mol. The van der Waals surface area contributed by atoms with E-state index in [2.05, 4.69) is 5.32 Å². The van der Waals surface area contributed by atoms with E-state index in [4.69, 9.17) is 14.2 Å². The third-order valence-corrected chi connectivity index (χ3v) is 3.16. The van der Waals surface area contributed by atoms with Gasteiger partial charge in [0.05, 0.1) is 6.61 Å².